The Bertz CT molecular complexity index is 714. The summed E-state index contributed by atoms with van der Waals surface area (Å²) >= 11 is 9.29. The first kappa shape index (κ1) is 15.5. The highest BCUT2D eigenvalue weighted by Gasteiger charge is 2.13. The van der Waals surface area contributed by atoms with Crippen LogP contribution < -0.4 is 4.72 Å². The predicted molar refractivity (Wildman–Crippen MR) is 84.4 cm³/mol. The fourth-order valence-corrected chi connectivity index (χ4v) is 3.11. The summed E-state index contributed by atoms with van der Waals surface area (Å²) < 4.78 is 27.6. The van der Waals surface area contributed by atoms with Crippen LogP contribution in [0, 0.1) is 6.92 Å². The quantitative estimate of drug-likeness (QED) is 0.882. The first-order valence-corrected chi connectivity index (χ1v) is 8.54. The Kier molecular flexibility index (Phi) is 4.86. The summed E-state index contributed by atoms with van der Waals surface area (Å²) in [5.74, 6) is 0. The zero-order valence-corrected chi connectivity index (χ0v) is 13.9. The van der Waals surface area contributed by atoms with Gasteiger partial charge in [0.15, 0.2) is 0 Å². The second kappa shape index (κ2) is 6.26. The summed E-state index contributed by atoms with van der Waals surface area (Å²) in [6.07, 6.45) is 0. The minimum atomic E-state index is -3.51. The molecule has 0 radical (unpaired) electrons. The molecule has 0 unspecified atom stereocenters. The summed E-state index contributed by atoms with van der Waals surface area (Å²) in [5.41, 5.74) is 1.78. The number of halogens is 2. The first-order chi connectivity index (χ1) is 9.38. The lowest BCUT2D eigenvalue weighted by atomic mass is 10.1. The maximum Gasteiger partial charge on any atom is 0.240 e. The standard InChI is InChI=1S/C14H13BrClNO2S/c1-10-2-3-11(8-14(10)16)9-17-20(18,19)13-6-4-12(15)5-7-13/h2-8,17H,9H2,1H3. The van der Waals surface area contributed by atoms with Crippen LogP contribution in [0.1, 0.15) is 11.1 Å². The molecule has 3 nitrogen and oxygen atoms in total. The van der Waals surface area contributed by atoms with Crippen molar-refractivity contribution in [3.05, 3.63) is 63.1 Å². The highest BCUT2D eigenvalue weighted by molar-refractivity contribution is 9.10. The van der Waals surface area contributed by atoms with E-state index in [4.69, 9.17) is 11.6 Å². The van der Waals surface area contributed by atoms with Crippen LogP contribution in [0.15, 0.2) is 51.8 Å². The number of aryl methyl sites for hydroxylation is 1. The Hall–Kier alpha value is -0.880. The third kappa shape index (κ3) is 3.82. The molecule has 0 spiro atoms. The van der Waals surface area contributed by atoms with E-state index < -0.39 is 10.0 Å². The topological polar surface area (TPSA) is 46.2 Å². The predicted octanol–water partition coefficient (Wildman–Crippen LogP) is 3.89. The van der Waals surface area contributed by atoms with Crippen molar-refractivity contribution in [2.24, 2.45) is 0 Å². The van der Waals surface area contributed by atoms with Crippen LogP contribution in [-0.4, -0.2) is 8.42 Å². The molecular weight excluding hydrogens is 362 g/mol. The molecule has 6 heteroatoms. The number of hydrogen-bond donors (Lipinski definition) is 1. The molecule has 0 saturated carbocycles. The molecule has 0 aliphatic carbocycles. The Balaban J connectivity index is 2.13. The van der Waals surface area contributed by atoms with E-state index in [-0.39, 0.29) is 11.4 Å². The molecule has 2 rings (SSSR count). The van der Waals surface area contributed by atoms with Gasteiger partial charge in [0.1, 0.15) is 0 Å². The zero-order chi connectivity index (χ0) is 14.8. The van der Waals surface area contributed by atoms with Crippen LogP contribution in [-0.2, 0) is 16.6 Å². The third-order valence-corrected chi connectivity index (χ3v) is 5.18. The van der Waals surface area contributed by atoms with Crippen LogP contribution in [0.25, 0.3) is 0 Å². The molecule has 0 aliphatic rings. The number of benzene rings is 2. The van der Waals surface area contributed by atoms with Crippen molar-refractivity contribution in [3.8, 4) is 0 Å². The average molecular weight is 375 g/mol. The second-order valence-corrected chi connectivity index (χ2v) is 7.45. The Morgan fingerprint density at radius 1 is 1.15 bits per heavy atom. The van der Waals surface area contributed by atoms with Gasteiger partial charge in [-0.2, -0.15) is 0 Å². The van der Waals surface area contributed by atoms with Gasteiger partial charge in [0.05, 0.1) is 4.90 Å². The molecule has 0 aliphatic heterocycles. The van der Waals surface area contributed by atoms with Gasteiger partial charge in [-0.1, -0.05) is 39.7 Å². The fourth-order valence-electron chi connectivity index (χ4n) is 1.62. The van der Waals surface area contributed by atoms with E-state index in [9.17, 15) is 8.42 Å². The van der Waals surface area contributed by atoms with Crippen LogP contribution in [0.5, 0.6) is 0 Å². The smallest absolute Gasteiger partial charge is 0.207 e. The van der Waals surface area contributed by atoms with Crippen molar-refractivity contribution in [3.63, 3.8) is 0 Å². The van der Waals surface area contributed by atoms with Crippen LogP contribution in [0.4, 0.5) is 0 Å². The number of rotatable bonds is 4. The molecular formula is C14H13BrClNO2S. The van der Waals surface area contributed by atoms with Gasteiger partial charge in [0.25, 0.3) is 0 Å². The van der Waals surface area contributed by atoms with Crippen molar-refractivity contribution in [1.29, 1.82) is 0 Å². The van der Waals surface area contributed by atoms with E-state index in [1.54, 1.807) is 30.3 Å². The van der Waals surface area contributed by atoms with Gasteiger partial charge in [-0.3, -0.25) is 0 Å². The Morgan fingerprint density at radius 2 is 1.80 bits per heavy atom. The van der Waals surface area contributed by atoms with Gasteiger partial charge >= 0.3 is 0 Å². The molecule has 0 aromatic heterocycles. The van der Waals surface area contributed by atoms with Crippen molar-refractivity contribution in [2.45, 2.75) is 18.4 Å². The Labute approximate surface area is 132 Å². The van der Waals surface area contributed by atoms with E-state index in [2.05, 4.69) is 20.7 Å². The SMILES string of the molecule is Cc1ccc(CNS(=O)(=O)c2ccc(Br)cc2)cc1Cl. The molecule has 106 valence electrons. The van der Waals surface area contributed by atoms with Gasteiger partial charge in [-0.05, 0) is 48.4 Å². The van der Waals surface area contributed by atoms with Gasteiger partial charge in [0.2, 0.25) is 10.0 Å². The third-order valence-electron chi connectivity index (χ3n) is 2.83. The van der Waals surface area contributed by atoms with Crippen molar-refractivity contribution in [2.75, 3.05) is 0 Å². The molecule has 1 N–H and O–H groups in total. The molecule has 0 saturated heterocycles. The molecule has 0 bridgehead atoms. The molecule has 0 atom stereocenters. The lowest BCUT2D eigenvalue weighted by molar-refractivity contribution is 0.581. The van der Waals surface area contributed by atoms with Crippen LogP contribution in [0.2, 0.25) is 5.02 Å². The van der Waals surface area contributed by atoms with E-state index in [0.29, 0.717) is 5.02 Å². The summed E-state index contributed by atoms with van der Waals surface area (Å²) in [7, 11) is -3.51. The monoisotopic (exact) mass is 373 g/mol. The van der Waals surface area contributed by atoms with Crippen molar-refractivity contribution < 1.29 is 8.42 Å². The molecule has 20 heavy (non-hydrogen) atoms. The summed E-state index contributed by atoms with van der Waals surface area (Å²) in [6.45, 7) is 2.11. The first-order valence-electron chi connectivity index (χ1n) is 5.89. The molecule has 0 heterocycles. The zero-order valence-electron chi connectivity index (χ0n) is 10.7. The van der Waals surface area contributed by atoms with E-state index in [1.807, 2.05) is 19.1 Å². The summed E-state index contributed by atoms with van der Waals surface area (Å²) in [4.78, 5) is 0.235. The molecule has 0 amide bonds. The average Bonchev–Trinajstić information content (AvgIpc) is 2.41. The molecule has 2 aromatic rings. The van der Waals surface area contributed by atoms with Crippen molar-refractivity contribution in [1.82, 2.24) is 4.72 Å². The van der Waals surface area contributed by atoms with E-state index >= 15 is 0 Å². The fraction of sp³-hybridized carbons (Fsp3) is 0.143. The lowest BCUT2D eigenvalue weighted by Gasteiger charge is -2.08. The molecule has 2 aromatic carbocycles. The minimum Gasteiger partial charge on any atom is -0.207 e. The number of hydrogen-bond acceptors (Lipinski definition) is 2. The second-order valence-electron chi connectivity index (χ2n) is 4.36. The van der Waals surface area contributed by atoms with Gasteiger partial charge in [0, 0.05) is 16.0 Å². The van der Waals surface area contributed by atoms with Gasteiger partial charge in [-0.25, -0.2) is 13.1 Å². The van der Waals surface area contributed by atoms with Gasteiger partial charge in [-0.15, -0.1) is 0 Å². The maximum atomic E-state index is 12.1. The van der Waals surface area contributed by atoms with Gasteiger partial charge < -0.3 is 0 Å². The Morgan fingerprint density at radius 3 is 2.40 bits per heavy atom. The summed E-state index contributed by atoms with van der Waals surface area (Å²) in [6, 6.07) is 12.0. The highest BCUT2D eigenvalue weighted by Crippen LogP contribution is 2.18. The highest BCUT2D eigenvalue weighted by atomic mass is 79.9. The van der Waals surface area contributed by atoms with Crippen LogP contribution >= 0.6 is 27.5 Å². The van der Waals surface area contributed by atoms with E-state index in [0.717, 1.165) is 15.6 Å². The maximum absolute atomic E-state index is 12.1. The summed E-state index contributed by atoms with van der Waals surface area (Å²) in [5, 5.41) is 0.630. The number of sulfonamides is 1. The minimum absolute atomic E-state index is 0.207. The van der Waals surface area contributed by atoms with Crippen molar-refractivity contribution >= 4 is 37.6 Å². The molecule has 0 fully saturated rings. The number of nitrogens with one attached hydrogen (secondary N) is 1. The largest absolute Gasteiger partial charge is 0.240 e. The van der Waals surface area contributed by atoms with E-state index in [1.165, 1.54) is 0 Å². The van der Waals surface area contributed by atoms with Crippen LogP contribution in [0.3, 0.4) is 0 Å². The normalized spacial score (nSPS) is 11.6. The lowest BCUT2D eigenvalue weighted by Crippen LogP contribution is -2.23.